The van der Waals surface area contributed by atoms with Crippen LogP contribution in [-0.2, 0) is 4.79 Å². The van der Waals surface area contributed by atoms with Gasteiger partial charge in [-0.3, -0.25) is 9.69 Å². The maximum Gasteiger partial charge on any atom is 0.247 e. The molecule has 0 aliphatic carbocycles. The number of carbonyl (C=O) groups is 1. The first-order chi connectivity index (χ1) is 14.1. The summed E-state index contributed by atoms with van der Waals surface area (Å²) in [6.07, 6.45) is 6.50. The minimum atomic E-state index is -0.292. The van der Waals surface area contributed by atoms with Crippen molar-refractivity contribution in [3.63, 3.8) is 0 Å². The monoisotopic (exact) mass is 400 g/mol. The van der Waals surface area contributed by atoms with Crippen LogP contribution >= 0.6 is 0 Å². The lowest BCUT2D eigenvalue weighted by Gasteiger charge is -2.36. The van der Waals surface area contributed by atoms with Gasteiger partial charge in [-0.2, -0.15) is 0 Å². The van der Waals surface area contributed by atoms with E-state index in [0.717, 1.165) is 51.9 Å². The quantitative estimate of drug-likeness (QED) is 0.775. The van der Waals surface area contributed by atoms with Gasteiger partial charge in [0.15, 0.2) is 0 Å². The number of aromatic nitrogens is 2. The number of piperidine rings is 1. The number of nitrogens with zero attached hydrogens (tertiary/aromatic N) is 4. The fourth-order valence-corrected chi connectivity index (χ4v) is 4.35. The number of halogens is 1. The molecule has 2 aliphatic heterocycles. The number of hydrogen-bond acceptors (Lipinski definition) is 5. The lowest BCUT2D eigenvalue weighted by molar-refractivity contribution is -0.137. The molecule has 3 heterocycles. The fraction of sp³-hybridized carbons (Fsp3) is 0.591. The van der Waals surface area contributed by atoms with Crippen LogP contribution in [0.4, 0.5) is 4.39 Å². The van der Waals surface area contributed by atoms with Crippen LogP contribution in [0.1, 0.15) is 57.4 Å². The molecule has 0 unspecified atom stereocenters. The number of likely N-dealkylation sites (tertiary alicyclic amines) is 2. The second kappa shape index (κ2) is 9.03. The summed E-state index contributed by atoms with van der Waals surface area (Å²) in [5.41, 5.74) is 0.708. The molecular weight excluding hydrogens is 371 g/mol. The van der Waals surface area contributed by atoms with E-state index < -0.39 is 0 Å². The smallest absolute Gasteiger partial charge is 0.247 e. The van der Waals surface area contributed by atoms with Crippen molar-refractivity contribution in [3.8, 4) is 11.5 Å². The molecule has 7 heteroatoms. The molecule has 4 rings (SSSR count). The van der Waals surface area contributed by atoms with Gasteiger partial charge < -0.3 is 9.32 Å². The first-order valence-electron chi connectivity index (χ1n) is 10.7. The SMILES string of the molecule is C[C@@H](c1nnc(-c2ccc(F)cc2)o1)N1CCC(C(=O)N2CCCCCC2)CC1. The zero-order chi connectivity index (χ0) is 20.2. The molecule has 1 atom stereocenters. The Hall–Kier alpha value is -2.28. The van der Waals surface area contributed by atoms with Gasteiger partial charge in [-0.1, -0.05) is 12.8 Å². The molecule has 1 aromatic heterocycles. The molecule has 0 saturated carbocycles. The second-order valence-electron chi connectivity index (χ2n) is 8.18. The van der Waals surface area contributed by atoms with Crippen molar-refractivity contribution in [2.24, 2.45) is 5.92 Å². The predicted molar refractivity (Wildman–Crippen MR) is 107 cm³/mol. The third-order valence-electron chi connectivity index (χ3n) is 6.23. The zero-order valence-corrected chi connectivity index (χ0v) is 17.0. The van der Waals surface area contributed by atoms with Crippen LogP contribution in [-0.4, -0.2) is 52.1 Å². The van der Waals surface area contributed by atoms with Gasteiger partial charge in [0.1, 0.15) is 5.82 Å². The van der Waals surface area contributed by atoms with Crippen molar-refractivity contribution in [3.05, 3.63) is 36.0 Å². The molecule has 6 nitrogen and oxygen atoms in total. The average Bonchev–Trinajstić information content (AvgIpc) is 3.08. The molecule has 2 aromatic rings. The Kier molecular flexibility index (Phi) is 6.23. The molecule has 2 saturated heterocycles. The zero-order valence-electron chi connectivity index (χ0n) is 17.0. The summed E-state index contributed by atoms with van der Waals surface area (Å²) in [7, 11) is 0. The molecular formula is C22H29FN4O2. The highest BCUT2D eigenvalue weighted by Crippen LogP contribution is 2.29. The molecule has 1 aromatic carbocycles. The highest BCUT2D eigenvalue weighted by atomic mass is 19.1. The Morgan fingerprint density at radius 2 is 1.69 bits per heavy atom. The van der Waals surface area contributed by atoms with E-state index in [9.17, 15) is 9.18 Å². The van der Waals surface area contributed by atoms with E-state index in [2.05, 4.69) is 26.9 Å². The number of rotatable bonds is 4. The highest BCUT2D eigenvalue weighted by molar-refractivity contribution is 5.79. The second-order valence-corrected chi connectivity index (χ2v) is 8.18. The topological polar surface area (TPSA) is 62.5 Å². The molecule has 0 bridgehead atoms. The summed E-state index contributed by atoms with van der Waals surface area (Å²) in [5.74, 6) is 1.14. The van der Waals surface area contributed by atoms with Crippen LogP contribution in [0.2, 0.25) is 0 Å². The molecule has 0 radical (unpaired) electrons. The van der Waals surface area contributed by atoms with Gasteiger partial charge in [-0.05, 0) is 70.0 Å². The van der Waals surface area contributed by atoms with Gasteiger partial charge in [0.2, 0.25) is 17.7 Å². The molecule has 2 aliphatic rings. The van der Waals surface area contributed by atoms with E-state index >= 15 is 0 Å². The third-order valence-corrected chi connectivity index (χ3v) is 6.23. The predicted octanol–water partition coefficient (Wildman–Crippen LogP) is 4.05. The van der Waals surface area contributed by atoms with Crippen molar-refractivity contribution in [2.75, 3.05) is 26.2 Å². The summed E-state index contributed by atoms with van der Waals surface area (Å²) in [4.78, 5) is 17.3. The van der Waals surface area contributed by atoms with Gasteiger partial charge in [-0.15, -0.1) is 10.2 Å². The fourth-order valence-electron chi connectivity index (χ4n) is 4.35. The minimum Gasteiger partial charge on any atom is -0.419 e. The van der Waals surface area contributed by atoms with Gasteiger partial charge in [0.25, 0.3) is 0 Å². The Labute approximate surface area is 171 Å². The van der Waals surface area contributed by atoms with Gasteiger partial charge in [0, 0.05) is 24.6 Å². The van der Waals surface area contributed by atoms with Crippen LogP contribution in [0, 0.1) is 11.7 Å². The van der Waals surface area contributed by atoms with Crippen LogP contribution < -0.4 is 0 Å². The minimum absolute atomic E-state index is 0.00839. The van der Waals surface area contributed by atoms with Crippen LogP contribution in [0.5, 0.6) is 0 Å². The molecule has 1 amide bonds. The first-order valence-corrected chi connectivity index (χ1v) is 10.7. The number of hydrogen-bond donors (Lipinski definition) is 0. The molecule has 0 N–H and O–H groups in total. The van der Waals surface area contributed by atoms with E-state index in [4.69, 9.17) is 4.42 Å². The van der Waals surface area contributed by atoms with Crippen LogP contribution in [0.25, 0.3) is 11.5 Å². The molecule has 29 heavy (non-hydrogen) atoms. The third kappa shape index (κ3) is 4.66. The number of amides is 1. The summed E-state index contributed by atoms with van der Waals surface area (Å²) in [5, 5.41) is 8.32. The van der Waals surface area contributed by atoms with Gasteiger partial charge in [-0.25, -0.2) is 4.39 Å². The van der Waals surface area contributed by atoms with E-state index in [1.165, 1.54) is 25.0 Å². The summed E-state index contributed by atoms with van der Waals surface area (Å²) in [6, 6.07) is 6.03. The normalized spacial score (nSPS) is 20.4. The standard InChI is InChI=1S/C22H29FN4O2/c1-16(20-24-25-21(29-20)17-6-8-19(23)9-7-17)26-14-10-18(11-15-26)22(28)27-12-4-2-3-5-13-27/h6-9,16,18H,2-5,10-15H2,1H3/t16-/m0/s1. The largest absolute Gasteiger partial charge is 0.419 e. The highest BCUT2D eigenvalue weighted by Gasteiger charge is 2.32. The average molecular weight is 400 g/mol. The van der Waals surface area contributed by atoms with Crippen molar-refractivity contribution in [1.82, 2.24) is 20.0 Å². The Balaban J connectivity index is 1.33. The van der Waals surface area contributed by atoms with Crippen LogP contribution in [0.3, 0.4) is 0 Å². The Morgan fingerprint density at radius 1 is 1.03 bits per heavy atom. The lowest BCUT2D eigenvalue weighted by Crippen LogP contribution is -2.43. The van der Waals surface area contributed by atoms with Crippen molar-refractivity contribution in [1.29, 1.82) is 0 Å². The summed E-state index contributed by atoms with van der Waals surface area (Å²) in [6.45, 7) is 5.59. The maximum atomic E-state index is 13.1. The van der Waals surface area contributed by atoms with E-state index in [-0.39, 0.29) is 17.8 Å². The maximum absolute atomic E-state index is 13.1. The molecule has 2 fully saturated rings. The molecule has 156 valence electrons. The number of carbonyl (C=O) groups excluding carboxylic acids is 1. The van der Waals surface area contributed by atoms with E-state index in [0.29, 0.717) is 23.3 Å². The Morgan fingerprint density at radius 3 is 2.34 bits per heavy atom. The van der Waals surface area contributed by atoms with Crippen molar-refractivity contribution >= 4 is 5.91 Å². The lowest BCUT2D eigenvalue weighted by atomic mass is 9.94. The van der Waals surface area contributed by atoms with E-state index in [1.54, 1.807) is 12.1 Å². The molecule has 0 spiro atoms. The van der Waals surface area contributed by atoms with Crippen molar-refractivity contribution < 1.29 is 13.6 Å². The van der Waals surface area contributed by atoms with Gasteiger partial charge in [0.05, 0.1) is 6.04 Å². The van der Waals surface area contributed by atoms with Crippen molar-refractivity contribution in [2.45, 2.75) is 51.5 Å². The first kappa shape index (κ1) is 20.0. The van der Waals surface area contributed by atoms with Crippen LogP contribution in [0.15, 0.2) is 28.7 Å². The summed E-state index contributed by atoms with van der Waals surface area (Å²) >= 11 is 0. The summed E-state index contributed by atoms with van der Waals surface area (Å²) < 4.78 is 19.0. The number of benzene rings is 1. The Bertz CT molecular complexity index is 806. The van der Waals surface area contributed by atoms with E-state index in [1.807, 2.05) is 0 Å². The van der Waals surface area contributed by atoms with Gasteiger partial charge >= 0.3 is 0 Å².